The van der Waals surface area contributed by atoms with Gasteiger partial charge < -0.3 is 10.2 Å². The topological polar surface area (TPSA) is 57.5 Å². The lowest BCUT2D eigenvalue weighted by Gasteiger charge is -2.59. The molecule has 8 atom stereocenters. The molecule has 4 rings (SSSR count). The molecule has 0 aliphatic heterocycles. The summed E-state index contributed by atoms with van der Waals surface area (Å²) < 4.78 is 0. The summed E-state index contributed by atoms with van der Waals surface area (Å²) >= 11 is 0. The molecule has 1 unspecified atom stereocenters. The molecule has 276 valence electrons. The van der Waals surface area contributed by atoms with Gasteiger partial charge in [-0.3, -0.25) is 4.79 Å². The highest BCUT2D eigenvalue weighted by atomic mass is 16.4. The van der Waals surface area contributed by atoms with Gasteiger partial charge in [0.15, 0.2) is 0 Å². The van der Waals surface area contributed by atoms with E-state index in [1.807, 2.05) is 0 Å². The third kappa shape index (κ3) is 10.7. The van der Waals surface area contributed by atoms with Gasteiger partial charge in [-0.05, 0) is 136 Å². The molecule has 0 aromatic carbocycles. The van der Waals surface area contributed by atoms with Gasteiger partial charge in [0, 0.05) is 6.42 Å². The number of hydrogen-bond acceptors (Lipinski definition) is 2. The van der Waals surface area contributed by atoms with Crippen molar-refractivity contribution in [1.82, 2.24) is 0 Å². The number of hydrogen-bond donors (Lipinski definition) is 2. The Morgan fingerprint density at radius 1 is 0.792 bits per heavy atom. The quantitative estimate of drug-likeness (QED) is 0.0893. The largest absolute Gasteiger partial charge is 0.481 e. The van der Waals surface area contributed by atoms with Crippen molar-refractivity contribution in [3.63, 3.8) is 0 Å². The molecule has 3 heteroatoms. The fourth-order valence-corrected chi connectivity index (χ4v) is 11.7. The fourth-order valence-electron chi connectivity index (χ4n) is 11.7. The van der Waals surface area contributed by atoms with E-state index in [0.717, 1.165) is 80.5 Å². The number of allylic oxidation sites excluding steroid dienone is 3. The lowest BCUT2D eigenvalue weighted by atomic mass is 9.46. The first kappa shape index (κ1) is 39.7. The Hall–Kier alpha value is -1.09. The molecule has 48 heavy (non-hydrogen) atoms. The van der Waals surface area contributed by atoms with Gasteiger partial charge in [-0.1, -0.05) is 129 Å². The molecule has 0 bridgehead atoms. The molecule has 3 fully saturated rings. The van der Waals surface area contributed by atoms with Crippen LogP contribution in [0.3, 0.4) is 0 Å². The van der Waals surface area contributed by atoms with Crippen LogP contribution in [-0.2, 0) is 4.79 Å². The van der Waals surface area contributed by atoms with Crippen LogP contribution >= 0.6 is 0 Å². The van der Waals surface area contributed by atoms with Gasteiger partial charge in [0.2, 0.25) is 0 Å². The van der Waals surface area contributed by atoms with Gasteiger partial charge in [0.25, 0.3) is 0 Å². The average molecular weight is 667 g/mol. The van der Waals surface area contributed by atoms with Gasteiger partial charge in [-0.2, -0.15) is 0 Å². The zero-order chi connectivity index (χ0) is 34.6. The van der Waals surface area contributed by atoms with Crippen molar-refractivity contribution in [1.29, 1.82) is 0 Å². The molecule has 0 radical (unpaired) electrons. The number of aliphatic carboxylic acids is 1. The maximum absolute atomic E-state index is 11.8. The molecule has 0 aromatic heterocycles. The number of carboxylic acids is 1. The molecule has 2 N–H and O–H groups in total. The molecule has 0 heterocycles. The molecule has 4 aliphatic rings. The Morgan fingerprint density at radius 3 is 2.10 bits per heavy atom. The minimum absolute atomic E-state index is 0.319. The van der Waals surface area contributed by atoms with Crippen molar-refractivity contribution >= 4 is 5.97 Å². The molecule has 0 spiro atoms. The van der Waals surface area contributed by atoms with E-state index in [-0.39, 0.29) is 0 Å². The zero-order valence-corrected chi connectivity index (χ0v) is 32.4. The fraction of sp³-hybridized carbons (Fsp3) is 0.889. The number of fused-ring (bicyclic) bond motifs is 5. The summed E-state index contributed by atoms with van der Waals surface area (Å²) in [4.78, 5) is 10.6. The second-order valence-electron chi connectivity index (χ2n) is 18.5. The van der Waals surface area contributed by atoms with E-state index in [9.17, 15) is 9.90 Å². The third-order valence-electron chi connectivity index (χ3n) is 14.6. The Kier molecular flexibility index (Phi) is 15.7. The van der Waals surface area contributed by atoms with Crippen LogP contribution < -0.4 is 0 Å². The van der Waals surface area contributed by atoms with Crippen molar-refractivity contribution in [3.05, 3.63) is 23.8 Å². The molecular weight excluding hydrogens is 588 g/mol. The lowest BCUT2D eigenvalue weighted by molar-refractivity contribution is -0.137. The minimum atomic E-state index is -0.668. The molecule has 4 aliphatic carbocycles. The summed E-state index contributed by atoms with van der Waals surface area (Å²) in [6.45, 7) is 12.7. The number of rotatable bonds is 22. The normalized spacial score (nSPS) is 33.8. The van der Waals surface area contributed by atoms with E-state index >= 15 is 0 Å². The highest BCUT2D eigenvalue weighted by Gasteiger charge is 2.59. The number of carbonyl (C=O) groups is 1. The van der Waals surface area contributed by atoms with Crippen molar-refractivity contribution < 1.29 is 15.0 Å². The molecule has 0 saturated heterocycles. The molecule has 0 aromatic rings. The van der Waals surface area contributed by atoms with Gasteiger partial charge >= 0.3 is 5.97 Å². The first-order valence-electron chi connectivity index (χ1n) is 21.3. The van der Waals surface area contributed by atoms with Crippen molar-refractivity contribution in [2.75, 3.05) is 0 Å². The van der Waals surface area contributed by atoms with Crippen molar-refractivity contribution in [2.24, 2.45) is 46.3 Å². The Morgan fingerprint density at radius 2 is 1.44 bits per heavy atom. The van der Waals surface area contributed by atoms with Gasteiger partial charge in [-0.15, -0.1) is 0 Å². The molecule has 3 saturated carbocycles. The zero-order valence-electron chi connectivity index (χ0n) is 32.4. The van der Waals surface area contributed by atoms with Gasteiger partial charge in [-0.25, -0.2) is 0 Å². The predicted molar refractivity (Wildman–Crippen MR) is 204 cm³/mol. The molecule has 3 nitrogen and oxygen atoms in total. The van der Waals surface area contributed by atoms with E-state index < -0.39 is 11.6 Å². The second kappa shape index (κ2) is 18.9. The maximum atomic E-state index is 11.8. The highest BCUT2D eigenvalue weighted by Crippen LogP contribution is 2.68. The highest BCUT2D eigenvalue weighted by molar-refractivity contribution is 5.66. The summed E-state index contributed by atoms with van der Waals surface area (Å²) in [6.07, 6.45) is 38.7. The van der Waals surface area contributed by atoms with E-state index in [1.165, 1.54) is 116 Å². The summed E-state index contributed by atoms with van der Waals surface area (Å²) in [5.41, 5.74) is 2.06. The van der Waals surface area contributed by atoms with Crippen LogP contribution in [-0.4, -0.2) is 21.8 Å². The monoisotopic (exact) mass is 667 g/mol. The average Bonchev–Trinajstić information content (AvgIpc) is 3.40. The van der Waals surface area contributed by atoms with Crippen molar-refractivity contribution in [2.45, 2.75) is 207 Å². The van der Waals surface area contributed by atoms with Crippen molar-refractivity contribution in [3.8, 4) is 0 Å². The first-order valence-corrected chi connectivity index (χ1v) is 21.3. The standard InChI is InChI=1S/C45H78O3/c1-35(2)22-21-23-36(3)39-27-28-40-38-26-25-37-34-45(48,33-32-43(37,4)41(38)29-31-44(39,40)5)30-20-18-16-14-12-10-8-6-7-9-11-13-15-17-19-24-42(46)47/h6-7,25,35-36,38-41,48H,8-24,26-34H2,1-5H3,(H,46,47)/t36-,38+,39-,40+,41+,43+,44-,45?/m1/s1. The van der Waals surface area contributed by atoms with Gasteiger partial charge in [0.05, 0.1) is 5.60 Å². The smallest absolute Gasteiger partial charge is 0.303 e. The SMILES string of the molecule is CC(C)CCC[C@@H](C)[C@H]1CC[C@H]2[C@@H]3CC=C4CC(O)(CCCCCCCCC=CCCCCCCCC(=O)O)CC[C@]4(C)[C@H]3CC[C@]12C. The Balaban J connectivity index is 1.11. The van der Waals surface area contributed by atoms with E-state index in [4.69, 9.17) is 5.11 Å². The first-order chi connectivity index (χ1) is 23.0. The minimum Gasteiger partial charge on any atom is -0.481 e. The van der Waals surface area contributed by atoms with Crippen LogP contribution in [0.15, 0.2) is 23.8 Å². The third-order valence-corrected chi connectivity index (χ3v) is 14.6. The molecular formula is C45H78O3. The van der Waals surface area contributed by atoms with Gasteiger partial charge in [0.1, 0.15) is 0 Å². The number of carboxylic acid groups (broad SMARTS) is 1. The van der Waals surface area contributed by atoms with E-state index in [0.29, 0.717) is 17.3 Å². The Labute approximate surface area is 297 Å². The second-order valence-corrected chi connectivity index (χ2v) is 18.5. The summed E-state index contributed by atoms with van der Waals surface area (Å²) in [6, 6.07) is 0. The predicted octanol–water partition coefficient (Wildman–Crippen LogP) is 13.3. The summed E-state index contributed by atoms with van der Waals surface area (Å²) in [5.74, 6) is 4.61. The van der Waals surface area contributed by atoms with Crippen LogP contribution in [0.1, 0.15) is 202 Å². The van der Waals surface area contributed by atoms with Crippen LogP contribution in [0.2, 0.25) is 0 Å². The van der Waals surface area contributed by atoms with Crippen LogP contribution in [0.4, 0.5) is 0 Å². The number of unbranched alkanes of at least 4 members (excludes halogenated alkanes) is 11. The maximum Gasteiger partial charge on any atom is 0.303 e. The van der Waals surface area contributed by atoms with E-state index in [2.05, 4.69) is 52.8 Å². The summed E-state index contributed by atoms with van der Waals surface area (Å²) in [7, 11) is 0. The van der Waals surface area contributed by atoms with E-state index in [1.54, 1.807) is 5.57 Å². The van der Waals surface area contributed by atoms with Crippen LogP contribution in [0.25, 0.3) is 0 Å². The lowest BCUT2D eigenvalue weighted by Crippen LogP contribution is -2.52. The molecule has 0 amide bonds. The van der Waals surface area contributed by atoms with Crippen LogP contribution in [0, 0.1) is 46.3 Å². The summed E-state index contributed by atoms with van der Waals surface area (Å²) in [5, 5.41) is 20.5. The number of aliphatic hydroxyl groups is 1. The van der Waals surface area contributed by atoms with Crippen LogP contribution in [0.5, 0.6) is 0 Å². The Bertz CT molecular complexity index is 1030.